The summed E-state index contributed by atoms with van der Waals surface area (Å²) >= 11 is 1.15. The number of carbonyl (C=O) groups is 3. The Balaban J connectivity index is 1.99. The summed E-state index contributed by atoms with van der Waals surface area (Å²) in [7, 11) is 1.26. The summed E-state index contributed by atoms with van der Waals surface area (Å²) in [6.07, 6.45) is 2.32. The normalized spacial score (nSPS) is 12.7. The third-order valence-electron chi connectivity index (χ3n) is 4.18. The molecule has 0 aliphatic heterocycles. The molecule has 0 saturated carbocycles. The van der Waals surface area contributed by atoms with Crippen molar-refractivity contribution in [1.82, 2.24) is 15.3 Å². The topological polar surface area (TPSA) is 107 Å². The number of pyridine rings is 1. The highest BCUT2D eigenvalue weighted by atomic mass is 32.1. The van der Waals surface area contributed by atoms with Crippen molar-refractivity contribution < 1.29 is 23.9 Å². The number of aromatic nitrogens is 2. The highest BCUT2D eigenvalue weighted by Gasteiger charge is 2.27. The Kier molecular flexibility index (Phi) is 7.62. The monoisotopic (exact) mass is 405 g/mol. The Morgan fingerprint density at radius 1 is 1.29 bits per heavy atom. The molecule has 0 spiro atoms. The Hall–Kier alpha value is -2.81. The smallest absolute Gasteiger partial charge is 0.350 e. The van der Waals surface area contributed by atoms with Gasteiger partial charge >= 0.3 is 11.9 Å². The van der Waals surface area contributed by atoms with Crippen LogP contribution in [0.1, 0.15) is 35.6 Å². The fraction of sp³-hybridized carbons (Fsp3) is 0.421. The Bertz CT molecular complexity index is 837. The van der Waals surface area contributed by atoms with Crippen LogP contribution in [0.25, 0.3) is 10.7 Å². The van der Waals surface area contributed by atoms with Crippen LogP contribution in [0.2, 0.25) is 0 Å². The highest BCUT2D eigenvalue weighted by Crippen LogP contribution is 2.26. The highest BCUT2D eigenvalue weighted by molar-refractivity contribution is 7.17. The van der Waals surface area contributed by atoms with Gasteiger partial charge in [0.05, 0.1) is 18.5 Å². The summed E-state index contributed by atoms with van der Waals surface area (Å²) in [4.78, 5) is 45.1. The molecule has 0 unspecified atom stereocenters. The van der Waals surface area contributed by atoms with Gasteiger partial charge in [-0.1, -0.05) is 26.3 Å². The second-order valence-electron chi connectivity index (χ2n) is 6.18. The molecule has 2 aromatic rings. The van der Waals surface area contributed by atoms with Gasteiger partial charge in [-0.25, -0.2) is 14.6 Å². The molecular formula is C19H23N3O5S. The first-order chi connectivity index (χ1) is 13.4. The number of amides is 1. The van der Waals surface area contributed by atoms with Crippen LogP contribution in [-0.4, -0.2) is 47.6 Å². The number of thiazole rings is 1. The van der Waals surface area contributed by atoms with Crippen LogP contribution in [-0.2, 0) is 19.1 Å². The molecule has 2 rings (SSSR count). The molecule has 0 aliphatic rings. The molecule has 0 bridgehead atoms. The first-order valence-electron chi connectivity index (χ1n) is 8.80. The number of methoxy groups -OCH3 is 1. The van der Waals surface area contributed by atoms with E-state index in [-0.39, 0.29) is 5.92 Å². The van der Waals surface area contributed by atoms with Crippen LogP contribution in [0.5, 0.6) is 0 Å². The minimum absolute atomic E-state index is 0.114. The number of rotatable bonds is 8. The van der Waals surface area contributed by atoms with Crippen molar-refractivity contribution in [3.05, 3.63) is 35.0 Å². The van der Waals surface area contributed by atoms with Crippen molar-refractivity contribution in [2.75, 3.05) is 13.7 Å². The third-order valence-corrected chi connectivity index (χ3v) is 5.34. The van der Waals surface area contributed by atoms with Gasteiger partial charge in [-0.2, -0.15) is 0 Å². The van der Waals surface area contributed by atoms with Crippen LogP contribution in [0.3, 0.4) is 0 Å². The molecule has 0 radical (unpaired) electrons. The van der Waals surface area contributed by atoms with Crippen molar-refractivity contribution >= 4 is 29.2 Å². The van der Waals surface area contributed by atoms with Crippen LogP contribution in [0, 0.1) is 12.8 Å². The van der Waals surface area contributed by atoms with Gasteiger partial charge in [-0.15, -0.1) is 11.3 Å². The van der Waals surface area contributed by atoms with E-state index in [0.29, 0.717) is 27.7 Å². The van der Waals surface area contributed by atoms with Gasteiger partial charge in [0.15, 0.2) is 6.61 Å². The van der Waals surface area contributed by atoms with Crippen LogP contribution in [0.15, 0.2) is 24.4 Å². The zero-order valence-electron chi connectivity index (χ0n) is 16.2. The van der Waals surface area contributed by atoms with Crippen molar-refractivity contribution in [1.29, 1.82) is 0 Å². The van der Waals surface area contributed by atoms with Gasteiger partial charge in [-0.3, -0.25) is 9.78 Å². The molecule has 0 aliphatic carbocycles. The van der Waals surface area contributed by atoms with E-state index in [1.54, 1.807) is 25.3 Å². The number of esters is 2. The van der Waals surface area contributed by atoms with Gasteiger partial charge in [-0.05, 0) is 25.0 Å². The average Bonchev–Trinajstić information content (AvgIpc) is 3.11. The number of carbonyl (C=O) groups excluding carboxylic acids is 3. The number of aryl methyl sites for hydroxylation is 1. The molecule has 150 valence electrons. The van der Waals surface area contributed by atoms with Crippen molar-refractivity contribution in [2.45, 2.75) is 33.2 Å². The lowest BCUT2D eigenvalue weighted by Gasteiger charge is -2.21. The predicted molar refractivity (Wildman–Crippen MR) is 104 cm³/mol. The van der Waals surface area contributed by atoms with E-state index in [4.69, 9.17) is 9.47 Å². The molecule has 0 saturated heterocycles. The SMILES string of the molecule is CC[C@@H](C)[C@@H](NC(=O)COC(=O)c1sc(-c2ccccn2)nc1C)C(=O)OC. The minimum atomic E-state index is -0.790. The summed E-state index contributed by atoms with van der Waals surface area (Å²) in [6.45, 7) is 4.92. The zero-order chi connectivity index (χ0) is 20.7. The first kappa shape index (κ1) is 21.5. The van der Waals surface area contributed by atoms with E-state index in [1.165, 1.54) is 7.11 Å². The molecule has 2 atom stereocenters. The third kappa shape index (κ3) is 5.35. The maximum Gasteiger partial charge on any atom is 0.350 e. The molecule has 0 aromatic carbocycles. The fourth-order valence-electron chi connectivity index (χ4n) is 2.39. The van der Waals surface area contributed by atoms with E-state index in [0.717, 1.165) is 11.3 Å². The number of hydrogen-bond donors (Lipinski definition) is 1. The molecular weight excluding hydrogens is 382 g/mol. The molecule has 1 amide bonds. The van der Waals surface area contributed by atoms with Gasteiger partial charge in [0.25, 0.3) is 5.91 Å². The molecule has 28 heavy (non-hydrogen) atoms. The summed E-state index contributed by atoms with van der Waals surface area (Å²) in [6, 6.07) is 4.62. The van der Waals surface area contributed by atoms with E-state index in [9.17, 15) is 14.4 Å². The Labute approximate surface area is 167 Å². The predicted octanol–water partition coefficient (Wildman–Crippen LogP) is 2.37. The number of nitrogens with one attached hydrogen (secondary N) is 1. The second kappa shape index (κ2) is 9.93. The van der Waals surface area contributed by atoms with Gasteiger partial charge in [0.2, 0.25) is 0 Å². The molecule has 8 nitrogen and oxygen atoms in total. The molecule has 9 heteroatoms. The van der Waals surface area contributed by atoms with Crippen LogP contribution < -0.4 is 5.32 Å². The minimum Gasteiger partial charge on any atom is -0.467 e. The molecule has 2 aromatic heterocycles. The second-order valence-corrected chi connectivity index (χ2v) is 7.18. The summed E-state index contributed by atoms with van der Waals surface area (Å²) in [5.41, 5.74) is 1.16. The zero-order valence-corrected chi connectivity index (χ0v) is 17.0. The Morgan fingerprint density at radius 2 is 2.04 bits per heavy atom. The van der Waals surface area contributed by atoms with Crippen molar-refractivity contribution in [3.63, 3.8) is 0 Å². The average molecular weight is 405 g/mol. The lowest BCUT2D eigenvalue weighted by Crippen LogP contribution is -2.47. The number of ether oxygens (including phenoxy) is 2. The lowest BCUT2D eigenvalue weighted by molar-refractivity contribution is -0.147. The van der Waals surface area contributed by atoms with Crippen LogP contribution >= 0.6 is 11.3 Å². The van der Waals surface area contributed by atoms with Crippen LogP contribution in [0.4, 0.5) is 0 Å². The standard InChI is InChI=1S/C19H23N3O5S/c1-5-11(2)15(18(24)26-4)22-14(23)10-27-19(25)16-12(3)21-17(28-16)13-8-6-7-9-20-13/h6-9,11,15H,5,10H2,1-4H3,(H,22,23)/t11-,15-/m1/s1. The molecule has 0 fully saturated rings. The van der Waals surface area contributed by atoms with E-state index in [1.807, 2.05) is 19.9 Å². The van der Waals surface area contributed by atoms with E-state index < -0.39 is 30.5 Å². The Morgan fingerprint density at radius 3 is 2.64 bits per heavy atom. The van der Waals surface area contributed by atoms with Crippen molar-refractivity contribution in [2.24, 2.45) is 5.92 Å². The quantitative estimate of drug-likeness (QED) is 0.672. The fourth-order valence-corrected chi connectivity index (χ4v) is 3.33. The lowest BCUT2D eigenvalue weighted by atomic mass is 9.99. The number of nitrogens with zero attached hydrogens (tertiary/aromatic N) is 2. The van der Waals surface area contributed by atoms with Gasteiger partial charge in [0.1, 0.15) is 15.9 Å². The van der Waals surface area contributed by atoms with E-state index in [2.05, 4.69) is 15.3 Å². The van der Waals surface area contributed by atoms with Crippen molar-refractivity contribution in [3.8, 4) is 10.7 Å². The van der Waals surface area contributed by atoms with Gasteiger partial charge < -0.3 is 14.8 Å². The molecule has 1 N–H and O–H groups in total. The molecule has 2 heterocycles. The summed E-state index contributed by atoms with van der Waals surface area (Å²) in [5, 5.41) is 3.15. The number of hydrogen-bond acceptors (Lipinski definition) is 8. The first-order valence-corrected chi connectivity index (χ1v) is 9.62. The van der Waals surface area contributed by atoms with Gasteiger partial charge in [0, 0.05) is 6.20 Å². The maximum absolute atomic E-state index is 12.3. The summed E-state index contributed by atoms with van der Waals surface area (Å²) in [5.74, 6) is -1.87. The van der Waals surface area contributed by atoms with E-state index >= 15 is 0 Å². The largest absolute Gasteiger partial charge is 0.467 e. The summed E-state index contributed by atoms with van der Waals surface area (Å²) < 4.78 is 9.81. The maximum atomic E-state index is 12.3.